The van der Waals surface area contributed by atoms with Crippen molar-refractivity contribution in [1.29, 1.82) is 0 Å². The molecule has 0 aromatic carbocycles. The van der Waals surface area contributed by atoms with E-state index in [-0.39, 0.29) is 0 Å². The van der Waals surface area contributed by atoms with Crippen molar-refractivity contribution in [2.75, 3.05) is 25.9 Å². The van der Waals surface area contributed by atoms with Crippen molar-refractivity contribution in [3.8, 4) is 0 Å². The number of imidazole rings is 1. The molecule has 0 radical (unpaired) electrons. The lowest BCUT2D eigenvalue weighted by Gasteiger charge is -2.22. The van der Waals surface area contributed by atoms with Gasteiger partial charge < -0.3 is 14.6 Å². The summed E-state index contributed by atoms with van der Waals surface area (Å²) in [6, 6.07) is 0. The number of rotatable bonds is 7. The Morgan fingerprint density at radius 2 is 2.05 bits per heavy atom. The Bertz CT molecular complexity index is 555. The fraction of sp³-hybridized carbons (Fsp3) is 0.615. The summed E-state index contributed by atoms with van der Waals surface area (Å²) in [5, 5.41) is 11.1. The van der Waals surface area contributed by atoms with Gasteiger partial charge in [-0.25, -0.2) is 15.0 Å². The first-order valence-corrected chi connectivity index (χ1v) is 8.02. The van der Waals surface area contributed by atoms with Gasteiger partial charge in [-0.3, -0.25) is 0 Å². The van der Waals surface area contributed by atoms with E-state index >= 15 is 0 Å². The van der Waals surface area contributed by atoms with Gasteiger partial charge in [0, 0.05) is 6.54 Å². The smallest absolute Gasteiger partial charge is 0.164 e. The van der Waals surface area contributed by atoms with E-state index in [1.807, 2.05) is 10.8 Å². The second-order valence-corrected chi connectivity index (χ2v) is 5.39. The molecule has 0 fully saturated rings. The number of fused-ring (bicyclic) bond motifs is 1. The lowest BCUT2D eigenvalue weighted by molar-refractivity contribution is 0.104. The van der Waals surface area contributed by atoms with E-state index in [0.717, 1.165) is 29.3 Å². The topological polar surface area (TPSA) is 67.1 Å². The molecule has 0 saturated heterocycles. The minimum absolute atomic E-state index is 0.431. The van der Waals surface area contributed by atoms with Crippen LogP contribution in [0.3, 0.4) is 0 Å². The number of likely N-dealkylation sites (N-methyl/N-ethyl adjacent to an activating group) is 1. The van der Waals surface area contributed by atoms with Crippen molar-refractivity contribution >= 4 is 22.9 Å². The van der Waals surface area contributed by atoms with Crippen LogP contribution >= 0.6 is 11.8 Å². The molecule has 6 nitrogen and oxygen atoms in total. The number of aromatic nitrogens is 4. The Morgan fingerprint density at radius 1 is 1.30 bits per heavy atom. The van der Waals surface area contributed by atoms with Crippen molar-refractivity contribution in [3.63, 3.8) is 0 Å². The molecule has 2 rings (SSSR count). The average Bonchev–Trinajstić information content (AvgIpc) is 2.87. The Kier molecular flexibility index (Phi) is 5.33. The van der Waals surface area contributed by atoms with Crippen molar-refractivity contribution < 1.29 is 5.11 Å². The molecule has 0 aliphatic rings. The van der Waals surface area contributed by atoms with Crippen LogP contribution in [0.1, 0.15) is 13.8 Å². The zero-order valence-electron chi connectivity index (χ0n) is 12.2. The SMILES string of the molecule is CCN(CC)C[C@@H](O)Cn1cnc2c(SC)ncnc21. The largest absolute Gasteiger partial charge is 0.390 e. The normalized spacial score (nSPS) is 13.2. The van der Waals surface area contributed by atoms with Crippen LogP contribution in [0, 0.1) is 0 Å². The maximum Gasteiger partial charge on any atom is 0.164 e. The van der Waals surface area contributed by atoms with E-state index in [1.165, 1.54) is 0 Å². The molecule has 0 saturated carbocycles. The molecular formula is C13H21N5OS. The molecular weight excluding hydrogens is 274 g/mol. The fourth-order valence-corrected chi connectivity index (χ4v) is 2.70. The quantitative estimate of drug-likeness (QED) is 0.612. The number of thioether (sulfide) groups is 1. The van der Waals surface area contributed by atoms with Gasteiger partial charge in [-0.15, -0.1) is 11.8 Å². The second kappa shape index (κ2) is 7.01. The van der Waals surface area contributed by atoms with Crippen molar-refractivity contribution in [2.45, 2.75) is 31.5 Å². The standard InChI is InChI=1S/C13H21N5OS/c1-4-17(5-2)6-10(19)7-18-9-16-11-12(18)14-8-15-13(11)20-3/h8-10,19H,4-7H2,1-3H3/t10-/m1/s1. The predicted molar refractivity (Wildman–Crippen MR) is 80.9 cm³/mol. The molecule has 2 aromatic rings. The molecule has 1 atom stereocenters. The van der Waals surface area contributed by atoms with E-state index in [4.69, 9.17) is 0 Å². The third-order valence-electron chi connectivity index (χ3n) is 3.33. The zero-order chi connectivity index (χ0) is 14.5. The predicted octanol–water partition coefficient (Wildman–Crippen LogP) is 1.25. The van der Waals surface area contributed by atoms with Crippen LogP contribution < -0.4 is 0 Å². The number of aliphatic hydroxyl groups is 1. The summed E-state index contributed by atoms with van der Waals surface area (Å²) in [5.74, 6) is 0. The number of aliphatic hydroxyl groups excluding tert-OH is 1. The van der Waals surface area contributed by atoms with Crippen LogP contribution in [0.4, 0.5) is 0 Å². The molecule has 0 bridgehead atoms. The highest BCUT2D eigenvalue weighted by Crippen LogP contribution is 2.20. The molecule has 0 spiro atoms. The average molecular weight is 295 g/mol. The Hall–Kier alpha value is -1.18. The van der Waals surface area contributed by atoms with Gasteiger partial charge in [-0.05, 0) is 19.3 Å². The molecule has 7 heteroatoms. The van der Waals surface area contributed by atoms with Crippen LogP contribution in [-0.4, -0.2) is 61.5 Å². The lowest BCUT2D eigenvalue weighted by atomic mass is 10.3. The van der Waals surface area contributed by atoms with Crippen LogP contribution in [0.15, 0.2) is 17.7 Å². The van der Waals surface area contributed by atoms with E-state index < -0.39 is 6.10 Å². The summed E-state index contributed by atoms with van der Waals surface area (Å²) in [5.41, 5.74) is 1.58. The highest BCUT2D eigenvalue weighted by molar-refractivity contribution is 7.98. The highest BCUT2D eigenvalue weighted by Gasteiger charge is 2.14. The second-order valence-electron chi connectivity index (χ2n) is 4.59. The molecule has 0 aliphatic heterocycles. The monoisotopic (exact) mass is 295 g/mol. The highest BCUT2D eigenvalue weighted by atomic mass is 32.2. The van der Waals surface area contributed by atoms with Gasteiger partial charge in [-0.1, -0.05) is 13.8 Å². The maximum atomic E-state index is 10.2. The van der Waals surface area contributed by atoms with Gasteiger partial charge >= 0.3 is 0 Å². The van der Waals surface area contributed by atoms with Gasteiger partial charge in [0.2, 0.25) is 0 Å². The van der Waals surface area contributed by atoms with Crippen molar-refractivity contribution in [1.82, 2.24) is 24.4 Å². The van der Waals surface area contributed by atoms with Gasteiger partial charge in [0.05, 0.1) is 19.0 Å². The number of hydrogen-bond acceptors (Lipinski definition) is 6. The fourth-order valence-electron chi connectivity index (χ4n) is 2.21. The van der Waals surface area contributed by atoms with Crippen LogP contribution in [-0.2, 0) is 6.54 Å². The van der Waals surface area contributed by atoms with Crippen molar-refractivity contribution in [2.24, 2.45) is 0 Å². The first-order valence-electron chi connectivity index (χ1n) is 6.79. The molecule has 20 heavy (non-hydrogen) atoms. The summed E-state index contributed by atoms with van der Waals surface area (Å²) in [7, 11) is 0. The Morgan fingerprint density at radius 3 is 2.70 bits per heavy atom. The first kappa shape index (κ1) is 15.2. The molecule has 2 aromatic heterocycles. The van der Waals surface area contributed by atoms with Gasteiger partial charge in [0.25, 0.3) is 0 Å². The van der Waals surface area contributed by atoms with E-state index in [0.29, 0.717) is 13.1 Å². The van der Waals surface area contributed by atoms with E-state index in [2.05, 4.69) is 33.7 Å². The third kappa shape index (κ3) is 3.28. The first-order chi connectivity index (χ1) is 9.69. The zero-order valence-corrected chi connectivity index (χ0v) is 13.0. The maximum absolute atomic E-state index is 10.2. The Labute approximate surface area is 123 Å². The lowest BCUT2D eigenvalue weighted by Crippen LogP contribution is -2.34. The third-order valence-corrected chi connectivity index (χ3v) is 4.02. The molecule has 1 N–H and O–H groups in total. The summed E-state index contributed by atoms with van der Waals surface area (Å²) in [4.78, 5) is 15.0. The van der Waals surface area contributed by atoms with Crippen LogP contribution in [0.2, 0.25) is 0 Å². The molecule has 2 heterocycles. The summed E-state index contributed by atoms with van der Waals surface area (Å²) in [6.07, 6.45) is 4.81. The van der Waals surface area contributed by atoms with E-state index in [9.17, 15) is 5.11 Å². The van der Waals surface area contributed by atoms with Gasteiger partial charge in [0.1, 0.15) is 16.9 Å². The van der Waals surface area contributed by atoms with Gasteiger partial charge in [-0.2, -0.15) is 0 Å². The molecule has 110 valence electrons. The minimum atomic E-state index is -0.431. The summed E-state index contributed by atoms with van der Waals surface area (Å²) < 4.78 is 1.89. The van der Waals surface area contributed by atoms with Gasteiger partial charge in [0.15, 0.2) is 5.65 Å². The van der Waals surface area contributed by atoms with Crippen LogP contribution in [0.5, 0.6) is 0 Å². The van der Waals surface area contributed by atoms with Crippen molar-refractivity contribution in [3.05, 3.63) is 12.7 Å². The van der Waals surface area contributed by atoms with E-state index in [1.54, 1.807) is 24.4 Å². The van der Waals surface area contributed by atoms with Crippen LogP contribution in [0.25, 0.3) is 11.2 Å². The minimum Gasteiger partial charge on any atom is -0.390 e. The Balaban J connectivity index is 2.14. The summed E-state index contributed by atoms with van der Waals surface area (Å²) in [6.45, 7) is 7.24. The summed E-state index contributed by atoms with van der Waals surface area (Å²) >= 11 is 1.55. The molecule has 0 amide bonds. The molecule has 0 aliphatic carbocycles. The number of nitrogens with zero attached hydrogens (tertiary/aromatic N) is 5. The number of hydrogen-bond donors (Lipinski definition) is 1. The molecule has 0 unspecified atom stereocenters.